The molecule has 0 radical (unpaired) electrons. The summed E-state index contributed by atoms with van der Waals surface area (Å²) in [6.07, 6.45) is 5.84. The van der Waals surface area contributed by atoms with Crippen molar-refractivity contribution in [1.82, 2.24) is 4.90 Å². The van der Waals surface area contributed by atoms with Crippen molar-refractivity contribution in [2.45, 2.75) is 38.5 Å². The van der Waals surface area contributed by atoms with Gasteiger partial charge in [0, 0.05) is 19.5 Å². The van der Waals surface area contributed by atoms with Gasteiger partial charge < -0.3 is 10.0 Å². The maximum absolute atomic E-state index is 11.8. The average molecular weight is 225 g/mol. The second-order valence-electron chi connectivity index (χ2n) is 5.02. The fraction of sp³-hybridized carbons (Fsp3) is 0.833. The quantitative estimate of drug-likeness (QED) is 0.791. The highest BCUT2D eigenvalue weighted by Gasteiger charge is 2.31. The molecule has 1 heterocycles. The molecular formula is C12H19NO3. The van der Waals surface area contributed by atoms with Crippen LogP contribution in [0.25, 0.3) is 0 Å². The minimum Gasteiger partial charge on any atom is -0.481 e. The molecule has 1 atom stereocenters. The maximum Gasteiger partial charge on any atom is 0.307 e. The summed E-state index contributed by atoms with van der Waals surface area (Å²) in [5.41, 5.74) is 0. The van der Waals surface area contributed by atoms with Gasteiger partial charge in [0.25, 0.3) is 0 Å². The van der Waals surface area contributed by atoms with Crippen LogP contribution in [0.3, 0.4) is 0 Å². The van der Waals surface area contributed by atoms with Gasteiger partial charge in [-0.05, 0) is 25.2 Å². The fourth-order valence-electron chi connectivity index (χ4n) is 2.79. The van der Waals surface area contributed by atoms with Crippen molar-refractivity contribution in [3.8, 4) is 0 Å². The summed E-state index contributed by atoms with van der Waals surface area (Å²) in [6, 6.07) is 0. The minimum atomic E-state index is -0.825. The number of carbonyl (C=O) groups excluding carboxylic acids is 1. The lowest BCUT2D eigenvalue weighted by atomic mass is 9.95. The number of aliphatic carboxylic acids is 1. The Balaban J connectivity index is 1.84. The molecule has 90 valence electrons. The van der Waals surface area contributed by atoms with E-state index in [9.17, 15) is 9.59 Å². The zero-order valence-corrected chi connectivity index (χ0v) is 9.52. The lowest BCUT2D eigenvalue weighted by Crippen LogP contribution is -2.42. The molecule has 2 rings (SSSR count). The van der Waals surface area contributed by atoms with Crippen molar-refractivity contribution in [2.75, 3.05) is 13.1 Å². The second kappa shape index (κ2) is 4.85. The van der Waals surface area contributed by atoms with Crippen LogP contribution in [0.5, 0.6) is 0 Å². The van der Waals surface area contributed by atoms with E-state index in [0.29, 0.717) is 18.9 Å². The maximum atomic E-state index is 11.8. The number of carbonyl (C=O) groups is 2. The number of rotatable bonds is 3. The van der Waals surface area contributed by atoms with Gasteiger partial charge in [0.1, 0.15) is 0 Å². The minimum absolute atomic E-state index is 0.0329. The second-order valence-corrected chi connectivity index (χ2v) is 5.02. The predicted molar refractivity (Wildman–Crippen MR) is 58.9 cm³/mol. The topological polar surface area (TPSA) is 57.6 Å². The van der Waals surface area contributed by atoms with E-state index in [1.54, 1.807) is 0 Å². The Morgan fingerprint density at radius 1 is 1.31 bits per heavy atom. The van der Waals surface area contributed by atoms with Crippen molar-refractivity contribution >= 4 is 11.9 Å². The van der Waals surface area contributed by atoms with E-state index >= 15 is 0 Å². The van der Waals surface area contributed by atoms with Crippen molar-refractivity contribution in [1.29, 1.82) is 0 Å². The molecule has 1 saturated heterocycles. The normalized spacial score (nSPS) is 27.4. The molecule has 1 saturated carbocycles. The molecule has 16 heavy (non-hydrogen) atoms. The zero-order chi connectivity index (χ0) is 11.5. The van der Waals surface area contributed by atoms with Gasteiger partial charge in [0.2, 0.25) is 5.91 Å². The Morgan fingerprint density at radius 3 is 2.56 bits per heavy atom. The number of likely N-dealkylation sites (tertiary alicyclic amines) is 1. The molecule has 0 aromatic heterocycles. The van der Waals surface area contributed by atoms with Crippen LogP contribution < -0.4 is 0 Å². The van der Waals surface area contributed by atoms with Crippen molar-refractivity contribution in [3.05, 3.63) is 0 Å². The lowest BCUT2D eigenvalue weighted by Gasteiger charge is -2.31. The van der Waals surface area contributed by atoms with Crippen LogP contribution in [0.2, 0.25) is 0 Å². The van der Waals surface area contributed by atoms with Crippen LogP contribution in [-0.2, 0) is 9.59 Å². The third kappa shape index (κ3) is 2.54. The van der Waals surface area contributed by atoms with E-state index in [1.165, 1.54) is 25.7 Å². The summed E-state index contributed by atoms with van der Waals surface area (Å²) in [6.45, 7) is 1.48. The Labute approximate surface area is 95.6 Å². The number of carboxylic acids is 1. The summed E-state index contributed by atoms with van der Waals surface area (Å²) < 4.78 is 0. The first-order valence-electron chi connectivity index (χ1n) is 6.17. The predicted octanol–water partition coefficient (Wildman–Crippen LogP) is 1.50. The molecule has 0 aromatic rings. The molecule has 0 aromatic carbocycles. The highest BCUT2D eigenvalue weighted by atomic mass is 16.4. The highest BCUT2D eigenvalue weighted by Crippen LogP contribution is 2.27. The molecule has 1 aliphatic heterocycles. The molecular weight excluding hydrogens is 206 g/mol. The summed E-state index contributed by atoms with van der Waals surface area (Å²) in [4.78, 5) is 24.4. The van der Waals surface area contributed by atoms with Crippen molar-refractivity contribution < 1.29 is 14.7 Å². The van der Waals surface area contributed by atoms with Crippen LogP contribution in [0.15, 0.2) is 0 Å². The lowest BCUT2D eigenvalue weighted by molar-refractivity contribution is -0.149. The van der Waals surface area contributed by atoms with E-state index in [-0.39, 0.29) is 12.3 Å². The van der Waals surface area contributed by atoms with E-state index < -0.39 is 11.9 Å². The molecule has 1 unspecified atom stereocenters. The number of hydrogen-bond donors (Lipinski definition) is 1. The van der Waals surface area contributed by atoms with Crippen LogP contribution in [0, 0.1) is 11.8 Å². The van der Waals surface area contributed by atoms with Crippen LogP contribution in [0.1, 0.15) is 38.5 Å². The molecule has 0 bridgehead atoms. The number of carboxylic acid groups (broad SMARTS) is 1. The largest absolute Gasteiger partial charge is 0.481 e. The Hall–Kier alpha value is -1.06. The Morgan fingerprint density at radius 2 is 2.00 bits per heavy atom. The Bertz CT molecular complexity index is 284. The fourth-order valence-corrected chi connectivity index (χ4v) is 2.79. The van der Waals surface area contributed by atoms with Gasteiger partial charge in [-0.15, -0.1) is 0 Å². The molecule has 1 N–H and O–H groups in total. The number of nitrogens with zero attached hydrogens (tertiary/aromatic N) is 1. The SMILES string of the molecule is O=C(O)C1CCN(CC2CCCC2)C(=O)C1. The van der Waals surface area contributed by atoms with Crippen molar-refractivity contribution in [2.24, 2.45) is 11.8 Å². The zero-order valence-electron chi connectivity index (χ0n) is 9.52. The summed E-state index contributed by atoms with van der Waals surface area (Å²) in [5.74, 6) is -0.586. The molecule has 2 fully saturated rings. The van der Waals surface area contributed by atoms with E-state index in [0.717, 1.165) is 6.54 Å². The third-order valence-corrected chi connectivity index (χ3v) is 3.82. The summed E-state index contributed by atoms with van der Waals surface area (Å²) in [7, 11) is 0. The molecule has 2 aliphatic rings. The number of amides is 1. The van der Waals surface area contributed by atoms with Gasteiger partial charge in [0.05, 0.1) is 5.92 Å². The Kier molecular flexibility index (Phi) is 3.46. The van der Waals surface area contributed by atoms with Crippen LogP contribution in [-0.4, -0.2) is 35.0 Å². The van der Waals surface area contributed by atoms with Gasteiger partial charge in [-0.1, -0.05) is 12.8 Å². The number of piperidine rings is 1. The smallest absolute Gasteiger partial charge is 0.307 e. The van der Waals surface area contributed by atoms with Crippen molar-refractivity contribution in [3.63, 3.8) is 0 Å². The first-order valence-corrected chi connectivity index (χ1v) is 6.17. The molecule has 1 aliphatic carbocycles. The van der Waals surface area contributed by atoms with E-state index in [4.69, 9.17) is 5.11 Å². The molecule has 1 amide bonds. The van der Waals surface area contributed by atoms with Gasteiger partial charge in [-0.3, -0.25) is 9.59 Å². The molecule has 4 nitrogen and oxygen atoms in total. The van der Waals surface area contributed by atoms with Gasteiger partial charge in [-0.2, -0.15) is 0 Å². The van der Waals surface area contributed by atoms with Gasteiger partial charge >= 0.3 is 5.97 Å². The summed E-state index contributed by atoms with van der Waals surface area (Å²) in [5, 5.41) is 8.86. The van der Waals surface area contributed by atoms with Gasteiger partial charge in [0.15, 0.2) is 0 Å². The van der Waals surface area contributed by atoms with Crippen LogP contribution in [0.4, 0.5) is 0 Å². The number of hydrogen-bond acceptors (Lipinski definition) is 2. The highest BCUT2D eigenvalue weighted by molar-refractivity contribution is 5.83. The molecule has 0 spiro atoms. The molecule has 4 heteroatoms. The van der Waals surface area contributed by atoms with Crippen LogP contribution >= 0.6 is 0 Å². The summed E-state index contributed by atoms with van der Waals surface area (Å²) >= 11 is 0. The first kappa shape index (κ1) is 11.4. The van der Waals surface area contributed by atoms with E-state index in [1.807, 2.05) is 4.90 Å². The average Bonchev–Trinajstić information content (AvgIpc) is 2.73. The monoisotopic (exact) mass is 225 g/mol. The van der Waals surface area contributed by atoms with Gasteiger partial charge in [-0.25, -0.2) is 0 Å². The third-order valence-electron chi connectivity index (χ3n) is 3.82. The standard InChI is InChI=1S/C12H19NO3/c14-11-7-10(12(15)16)5-6-13(11)8-9-3-1-2-4-9/h9-10H,1-8H2,(H,15,16). The first-order chi connectivity index (χ1) is 7.66. The van der Waals surface area contributed by atoms with E-state index in [2.05, 4.69) is 0 Å².